The number of aliphatic carboxylic acids is 1. The molecule has 0 bridgehead atoms. The topological polar surface area (TPSA) is 86.3 Å². The molecule has 0 saturated heterocycles. The van der Waals surface area contributed by atoms with Crippen LogP contribution in [0.1, 0.15) is 29.9 Å². The van der Waals surface area contributed by atoms with Crippen molar-refractivity contribution in [2.24, 2.45) is 0 Å². The molecule has 116 valence electrons. The molecule has 6 nitrogen and oxygen atoms in total. The summed E-state index contributed by atoms with van der Waals surface area (Å²) in [5.41, 5.74) is 1.63. The lowest BCUT2D eigenvalue weighted by molar-refractivity contribution is -0.147. The van der Waals surface area contributed by atoms with Crippen molar-refractivity contribution in [2.45, 2.75) is 26.3 Å². The minimum absolute atomic E-state index is 0.257. The van der Waals surface area contributed by atoms with Crippen LogP contribution in [0.2, 0.25) is 0 Å². The summed E-state index contributed by atoms with van der Waals surface area (Å²) in [5.74, 6) is -1.49. The summed E-state index contributed by atoms with van der Waals surface area (Å²) >= 11 is 0. The van der Waals surface area contributed by atoms with E-state index in [1.54, 1.807) is 6.07 Å². The first-order valence-electron chi connectivity index (χ1n) is 6.87. The van der Waals surface area contributed by atoms with Gasteiger partial charge in [0.1, 0.15) is 11.2 Å². The van der Waals surface area contributed by atoms with E-state index in [1.165, 1.54) is 25.8 Å². The van der Waals surface area contributed by atoms with Crippen molar-refractivity contribution in [3.05, 3.63) is 41.6 Å². The first-order valence-corrected chi connectivity index (χ1v) is 6.87. The number of amides is 1. The van der Waals surface area contributed by atoms with Crippen LogP contribution in [0.25, 0.3) is 11.3 Å². The van der Waals surface area contributed by atoms with Crippen molar-refractivity contribution in [3.63, 3.8) is 0 Å². The molecule has 0 atom stereocenters. The Labute approximate surface area is 128 Å². The summed E-state index contributed by atoms with van der Waals surface area (Å²) in [6, 6.07) is 9.40. The number of hydrogen-bond donors (Lipinski definition) is 2. The van der Waals surface area contributed by atoms with Gasteiger partial charge in [-0.15, -0.1) is 0 Å². The van der Waals surface area contributed by atoms with Gasteiger partial charge in [-0.1, -0.05) is 29.8 Å². The quantitative estimate of drug-likeness (QED) is 0.907. The largest absolute Gasteiger partial charge is 0.480 e. The van der Waals surface area contributed by atoms with Gasteiger partial charge in [0.15, 0.2) is 0 Å². The number of rotatable bonds is 4. The van der Waals surface area contributed by atoms with E-state index in [4.69, 9.17) is 0 Å². The molecular formula is C16H19N3O3. The second-order valence-electron chi connectivity index (χ2n) is 5.76. The van der Waals surface area contributed by atoms with Crippen molar-refractivity contribution in [2.75, 3.05) is 7.05 Å². The third kappa shape index (κ3) is 2.86. The van der Waals surface area contributed by atoms with E-state index < -0.39 is 17.4 Å². The second-order valence-corrected chi connectivity index (χ2v) is 5.76. The summed E-state index contributed by atoms with van der Waals surface area (Å²) < 4.78 is 0. The molecule has 6 heteroatoms. The number of nitrogens with zero attached hydrogens (tertiary/aromatic N) is 2. The maximum Gasteiger partial charge on any atom is 0.329 e. The van der Waals surface area contributed by atoms with Crippen molar-refractivity contribution in [1.82, 2.24) is 15.1 Å². The van der Waals surface area contributed by atoms with Crippen LogP contribution >= 0.6 is 0 Å². The Kier molecular flexibility index (Phi) is 4.03. The summed E-state index contributed by atoms with van der Waals surface area (Å²) in [5, 5.41) is 16.0. The first-order chi connectivity index (χ1) is 10.2. The van der Waals surface area contributed by atoms with E-state index in [2.05, 4.69) is 10.2 Å². The van der Waals surface area contributed by atoms with Gasteiger partial charge in [-0.05, 0) is 26.8 Å². The van der Waals surface area contributed by atoms with Crippen molar-refractivity contribution in [3.8, 4) is 11.3 Å². The number of aromatic nitrogens is 2. The average molecular weight is 301 g/mol. The molecule has 0 radical (unpaired) electrons. The number of carbonyl (C=O) groups excluding carboxylic acids is 1. The maximum atomic E-state index is 12.4. The average Bonchev–Trinajstić information content (AvgIpc) is 2.96. The third-order valence-electron chi connectivity index (χ3n) is 3.82. The Hall–Kier alpha value is -2.63. The third-order valence-corrected chi connectivity index (χ3v) is 3.82. The molecule has 1 amide bonds. The molecule has 22 heavy (non-hydrogen) atoms. The predicted molar refractivity (Wildman–Crippen MR) is 82.6 cm³/mol. The number of hydrogen-bond acceptors (Lipinski definition) is 3. The monoisotopic (exact) mass is 301 g/mol. The number of H-pyrrole nitrogens is 1. The maximum absolute atomic E-state index is 12.4. The Morgan fingerprint density at radius 1 is 1.23 bits per heavy atom. The fourth-order valence-corrected chi connectivity index (χ4v) is 1.88. The summed E-state index contributed by atoms with van der Waals surface area (Å²) in [6.07, 6.45) is 0. The van der Waals surface area contributed by atoms with Crippen molar-refractivity contribution >= 4 is 11.9 Å². The minimum Gasteiger partial charge on any atom is -0.480 e. The first kappa shape index (κ1) is 15.8. The lowest BCUT2D eigenvalue weighted by Gasteiger charge is -2.30. The van der Waals surface area contributed by atoms with Crippen molar-refractivity contribution in [1.29, 1.82) is 0 Å². The number of carbonyl (C=O) groups is 2. The Bertz CT molecular complexity index is 702. The van der Waals surface area contributed by atoms with Crippen LogP contribution in [-0.2, 0) is 4.79 Å². The van der Waals surface area contributed by atoms with Crippen LogP contribution in [0.3, 0.4) is 0 Å². The van der Waals surface area contributed by atoms with Crippen molar-refractivity contribution < 1.29 is 14.7 Å². The molecule has 2 rings (SSSR count). The highest BCUT2D eigenvalue weighted by atomic mass is 16.4. The van der Waals surface area contributed by atoms with E-state index in [0.29, 0.717) is 5.69 Å². The Morgan fingerprint density at radius 2 is 1.82 bits per heavy atom. The summed E-state index contributed by atoms with van der Waals surface area (Å²) in [7, 11) is 1.46. The minimum atomic E-state index is -1.30. The molecule has 0 aliphatic carbocycles. The zero-order valence-corrected chi connectivity index (χ0v) is 13.0. The van der Waals surface area contributed by atoms with Gasteiger partial charge in [0.05, 0.1) is 5.69 Å². The fourth-order valence-electron chi connectivity index (χ4n) is 1.88. The number of carboxylic acids is 1. The van der Waals surface area contributed by atoms with Gasteiger partial charge in [0.2, 0.25) is 0 Å². The molecule has 0 unspecified atom stereocenters. The Balaban J connectivity index is 2.26. The standard InChI is InChI=1S/C16H19N3O3/c1-10-5-7-11(8-6-10)12-9-13(18-17-12)14(20)19(4)16(2,3)15(21)22/h5-9H,1-4H3,(H,17,18)(H,21,22). The van der Waals surface area contributed by atoms with Gasteiger partial charge in [-0.25, -0.2) is 4.79 Å². The number of aromatic amines is 1. The zero-order chi connectivity index (χ0) is 16.5. The number of aryl methyl sites for hydroxylation is 1. The van der Waals surface area contributed by atoms with Crippen LogP contribution in [0.5, 0.6) is 0 Å². The molecule has 2 N–H and O–H groups in total. The highest BCUT2D eigenvalue weighted by Gasteiger charge is 2.36. The molecule has 0 aliphatic heterocycles. The molecule has 0 aliphatic rings. The van der Waals surface area contributed by atoms with Crippen LogP contribution in [0, 0.1) is 6.92 Å². The zero-order valence-electron chi connectivity index (χ0n) is 13.0. The van der Waals surface area contributed by atoms with Gasteiger partial charge >= 0.3 is 5.97 Å². The van der Waals surface area contributed by atoms with Crippen LogP contribution in [-0.4, -0.2) is 44.7 Å². The molecule has 0 fully saturated rings. The van der Waals surface area contributed by atoms with Crippen LogP contribution in [0.4, 0.5) is 0 Å². The van der Waals surface area contributed by atoms with Gasteiger partial charge in [0, 0.05) is 12.6 Å². The SMILES string of the molecule is Cc1ccc(-c2cc(C(=O)N(C)C(C)(C)C(=O)O)[nH]n2)cc1. The Morgan fingerprint density at radius 3 is 2.36 bits per heavy atom. The van der Waals surface area contributed by atoms with E-state index in [9.17, 15) is 14.7 Å². The normalized spacial score (nSPS) is 11.3. The van der Waals surface area contributed by atoms with E-state index in [1.807, 2.05) is 31.2 Å². The number of benzene rings is 1. The number of carboxylic acid groups (broad SMARTS) is 1. The van der Waals surface area contributed by atoms with Gasteiger partial charge < -0.3 is 10.0 Å². The second kappa shape index (κ2) is 5.63. The van der Waals surface area contributed by atoms with Crippen LogP contribution < -0.4 is 0 Å². The molecule has 0 saturated carbocycles. The lowest BCUT2D eigenvalue weighted by Crippen LogP contribution is -2.50. The molecule has 0 spiro atoms. The highest BCUT2D eigenvalue weighted by Crippen LogP contribution is 2.21. The molecule has 1 aromatic carbocycles. The number of likely N-dealkylation sites (N-methyl/N-ethyl adjacent to an activating group) is 1. The summed E-state index contributed by atoms with van der Waals surface area (Å²) in [6.45, 7) is 4.95. The smallest absolute Gasteiger partial charge is 0.329 e. The van der Waals surface area contributed by atoms with Gasteiger partial charge in [-0.2, -0.15) is 5.10 Å². The predicted octanol–water partition coefficient (Wildman–Crippen LogP) is 2.32. The van der Waals surface area contributed by atoms with Gasteiger partial charge in [0.25, 0.3) is 5.91 Å². The fraction of sp³-hybridized carbons (Fsp3) is 0.312. The van der Waals surface area contributed by atoms with Crippen LogP contribution in [0.15, 0.2) is 30.3 Å². The number of nitrogens with one attached hydrogen (secondary N) is 1. The molecule has 1 heterocycles. The molecular weight excluding hydrogens is 282 g/mol. The van der Waals surface area contributed by atoms with E-state index in [0.717, 1.165) is 11.1 Å². The molecule has 1 aromatic heterocycles. The highest BCUT2D eigenvalue weighted by molar-refractivity contribution is 5.96. The lowest BCUT2D eigenvalue weighted by atomic mass is 10.0. The van der Waals surface area contributed by atoms with E-state index in [-0.39, 0.29) is 5.69 Å². The molecule has 2 aromatic rings. The summed E-state index contributed by atoms with van der Waals surface area (Å²) in [4.78, 5) is 24.8. The van der Waals surface area contributed by atoms with E-state index >= 15 is 0 Å². The van der Waals surface area contributed by atoms with Gasteiger partial charge in [-0.3, -0.25) is 9.89 Å².